The van der Waals surface area contributed by atoms with Crippen molar-refractivity contribution in [3.8, 4) is 0 Å². The van der Waals surface area contributed by atoms with Crippen molar-refractivity contribution in [1.82, 2.24) is 9.80 Å². The van der Waals surface area contributed by atoms with E-state index < -0.39 is 5.60 Å². The van der Waals surface area contributed by atoms with Gasteiger partial charge in [-0.15, -0.1) is 0 Å². The van der Waals surface area contributed by atoms with Gasteiger partial charge in [-0.05, 0) is 76.0 Å². The van der Waals surface area contributed by atoms with Gasteiger partial charge in [0.1, 0.15) is 5.60 Å². The van der Waals surface area contributed by atoms with Gasteiger partial charge in [0.25, 0.3) is 0 Å². The summed E-state index contributed by atoms with van der Waals surface area (Å²) in [4.78, 5) is 28.5. The van der Waals surface area contributed by atoms with Crippen molar-refractivity contribution < 1.29 is 19.1 Å². The lowest BCUT2D eigenvalue weighted by atomic mass is 9.98. The molecule has 172 valence electrons. The molecule has 1 saturated heterocycles. The van der Waals surface area contributed by atoms with Crippen LogP contribution in [0.15, 0.2) is 24.3 Å². The van der Waals surface area contributed by atoms with Crippen LogP contribution in [0.5, 0.6) is 0 Å². The number of nitrogens with one attached hydrogen (secondary N) is 1. The van der Waals surface area contributed by atoms with Crippen molar-refractivity contribution in [3.63, 3.8) is 0 Å². The Morgan fingerprint density at radius 2 is 1.97 bits per heavy atom. The van der Waals surface area contributed by atoms with Gasteiger partial charge < -0.3 is 24.6 Å². The maximum atomic E-state index is 12.8. The zero-order chi connectivity index (χ0) is 22.4. The number of urea groups is 1. The van der Waals surface area contributed by atoms with Gasteiger partial charge >= 0.3 is 12.1 Å². The van der Waals surface area contributed by atoms with Crippen LogP contribution < -0.4 is 5.32 Å². The molecule has 1 aromatic rings. The first-order valence-corrected chi connectivity index (χ1v) is 11.4. The molecule has 1 aliphatic heterocycles. The standard InChI is InChI=1S/C24H37N3O4/c1-24(2,3)31-23(29)26(4)14-20-8-6-12-27(15-20)22(28)25-21-9-5-7-19(13-21)17-30-16-18-10-11-18/h5,7,9,13,18,20H,6,8,10-12,14-17H2,1-4H3,(H,25,28). The normalized spacial score (nSPS) is 19.1. The average molecular weight is 432 g/mol. The molecule has 1 atom stereocenters. The van der Waals surface area contributed by atoms with E-state index in [9.17, 15) is 9.59 Å². The Kier molecular flexibility index (Phi) is 7.81. The summed E-state index contributed by atoms with van der Waals surface area (Å²) in [5.41, 5.74) is 1.33. The van der Waals surface area contributed by atoms with Crippen LogP contribution in [0.4, 0.5) is 15.3 Å². The molecule has 1 unspecified atom stereocenters. The number of carbonyl (C=O) groups is 2. The van der Waals surface area contributed by atoms with E-state index in [0.29, 0.717) is 19.7 Å². The number of piperidine rings is 1. The summed E-state index contributed by atoms with van der Waals surface area (Å²) in [5, 5.41) is 3.02. The second kappa shape index (κ2) is 10.4. The molecule has 1 heterocycles. The Bertz CT molecular complexity index is 757. The number of likely N-dealkylation sites (tertiary alicyclic amines) is 1. The molecule has 0 aromatic heterocycles. The predicted molar refractivity (Wildman–Crippen MR) is 121 cm³/mol. The third-order valence-electron chi connectivity index (χ3n) is 5.54. The van der Waals surface area contributed by atoms with Gasteiger partial charge in [-0.2, -0.15) is 0 Å². The van der Waals surface area contributed by atoms with Crippen LogP contribution in [0.25, 0.3) is 0 Å². The molecule has 1 aromatic carbocycles. The van der Waals surface area contributed by atoms with Crippen LogP contribution in [0.1, 0.15) is 52.0 Å². The fraction of sp³-hybridized carbons (Fsp3) is 0.667. The fourth-order valence-electron chi connectivity index (χ4n) is 3.77. The molecule has 3 rings (SSSR count). The first-order chi connectivity index (χ1) is 14.7. The third kappa shape index (κ3) is 8.05. The fourth-order valence-corrected chi connectivity index (χ4v) is 3.77. The van der Waals surface area contributed by atoms with Crippen LogP contribution in [0.2, 0.25) is 0 Å². The number of anilines is 1. The Hall–Kier alpha value is -2.28. The lowest BCUT2D eigenvalue weighted by Crippen LogP contribution is -2.46. The van der Waals surface area contributed by atoms with Crippen LogP contribution >= 0.6 is 0 Å². The van der Waals surface area contributed by atoms with Crippen LogP contribution in [0, 0.1) is 11.8 Å². The van der Waals surface area contributed by atoms with Gasteiger partial charge in [-0.1, -0.05) is 12.1 Å². The van der Waals surface area contributed by atoms with E-state index in [1.165, 1.54) is 12.8 Å². The molecule has 31 heavy (non-hydrogen) atoms. The number of rotatable bonds is 7. The van der Waals surface area contributed by atoms with E-state index in [0.717, 1.165) is 43.2 Å². The average Bonchev–Trinajstić information content (AvgIpc) is 3.51. The van der Waals surface area contributed by atoms with E-state index in [1.54, 1.807) is 11.9 Å². The topological polar surface area (TPSA) is 71.1 Å². The second-order valence-corrected chi connectivity index (χ2v) is 9.90. The van der Waals surface area contributed by atoms with E-state index in [2.05, 4.69) is 5.32 Å². The second-order valence-electron chi connectivity index (χ2n) is 9.90. The highest BCUT2D eigenvalue weighted by Gasteiger charge is 2.27. The molecule has 0 spiro atoms. The molecule has 0 radical (unpaired) electrons. The number of hydrogen-bond acceptors (Lipinski definition) is 4. The molecule has 1 saturated carbocycles. The van der Waals surface area contributed by atoms with Gasteiger partial charge in [-0.25, -0.2) is 9.59 Å². The summed E-state index contributed by atoms with van der Waals surface area (Å²) in [5.74, 6) is 0.975. The van der Waals surface area contributed by atoms with Crippen molar-refractivity contribution in [1.29, 1.82) is 0 Å². The Balaban J connectivity index is 1.47. The highest BCUT2D eigenvalue weighted by molar-refractivity contribution is 5.89. The van der Waals surface area contributed by atoms with Gasteiger partial charge in [0.15, 0.2) is 0 Å². The molecular formula is C24H37N3O4. The first kappa shape index (κ1) is 23.4. The Morgan fingerprint density at radius 1 is 1.19 bits per heavy atom. The zero-order valence-corrected chi connectivity index (χ0v) is 19.4. The maximum Gasteiger partial charge on any atom is 0.410 e. The summed E-state index contributed by atoms with van der Waals surface area (Å²) < 4.78 is 11.2. The van der Waals surface area contributed by atoms with Gasteiger partial charge in [0.05, 0.1) is 6.61 Å². The van der Waals surface area contributed by atoms with Gasteiger partial charge in [0.2, 0.25) is 0 Å². The number of carbonyl (C=O) groups excluding carboxylic acids is 2. The molecule has 1 aliphatic carbocycles. The minimum absolute atomic E-state index is 0.0966. The zero-order valence-electron chi connectivity index (χ0n) is 19.4. The summed E-state index contributed by atoms with van der Waals surface area (Å²) in [6.45, 7) is 8.91. The quantitative estimate of drug-likeness (QED) is 0.678. The smallest absolute Gasteiger partial charge is 0.410 e. The van der Waals surface area contributed by atoms with Crippen LogP contribution in [-0.2, 0) is 16.1 Å². The van der Waals surface area contributed by atoms with E-state index in [1.807, 2.05) is 49.9 Å². The van der Waals surface area contributed by atoms with Gasteiger partial charge in [-0.3, -0.25) is 0 Å². The largest absolute Gasteiger partial charge is 0.444 e. The van der Waals surface area contributed by atoms with E-state index >= 15 is 0 Å². The van der Waals surface area contributed by atoms with Crippen molar-refractivity contribution >= 4 is 17.8 Å². The minimum atomic E-state index is -0.513. The van der Waals surface area contributed by atoms with Crippen molar-refractivity contribution in [2.24, 2.45) is 11.8 Å². The SMILES string of the molecule is CN(CC1CCCN(C(=O)Nc2cccc(COCC3CC3)c2)C1)C(=O)OC(C)(C)C. The molecule has 3 amide bonds. The van der Waals surface area contributed by atoms with Gasteiger partial charge in [0, 0.05) is 39.0 Å². The van der Waals surface area contributed by atoms with Crippen LogP contribution in [-0.4, -0.2) is 60.8 Å². The highest BCUT2D eigenvalue weighted by atomic mass is 16.6. The third-order valence-corrected chi connectivity index (χ3v) is 5.54. The molecule has 2 aliphatic rings. The van der Waals surface area contributed by atoms with Crippen molar-refractivity contribution in [3.05, 3.63) is 29.8 Å². The Labute approximate surface area is 186 Å². The molecule has 7 nitrogen and oxygen atoms in total. The number of benzene rings is 1. The summed E-state index contributed by atoms with van der Waals surface area (Å²) in [6, 6.07) is 7.75. The van der Waals surface area contributed by atoms with E-state index in [4.69, 9.17) is 9.47 Å². The summed E-state index contributed by atoms with van der Waals surface area (Å²) in [7, 11) is 1.75. The minimum Gasteiger partial charge on any atom is -0.444 e. The summed E-state index contributed by atoms with van der Waals surface area (Å²) in [6.07, 6.45) is 4.15. The Morgan fingerprint density at radius 3 is 2.68 bits per heavy atom. The molecular weight excluding hydrogens is 394 g/mol. The predicted octanol–water partition coefficient (Wildman–Crippen LogP) is 4.72. The maximum absolute atomic E-state index is 12.8. The lowest BCUT2D eigenvalue weighted by Gasteiger charge is -2.35. The number of amides is 3. The van der Waals surface area contributed by atoms with E-state index in [-0.39, 0.29) is 18.0 Å². The molecule has 0 bridgehead atoms. The number of nitrogens with zero attached hydrogens (tertiary/aromatic N) is 2. The summed E-state index contributed by atoms with van der Waals surface area (Å²) >= 11 is 0. The molecule has 1 N–H and O–H groups in total. The molecule has 2 fully saturated rings. The highest BCUT2D eigenvalue weighted by Crippen LogP contribution is 2.29. The number of ether oxygens (including phenoxy) is 2. The monoisotopic (exact) mass is 431 g/mol. The molecule has 7 heteroatoms. The van der Waals surface area contributed by atoms with Crippen LogP contribution in [0.3, 0.4) is 0 Å². The van der Waals surface area contributed by atoms with Crippen molar-refractivity contribution in [2.75, 3.05) is 38.6 Å². The first-order valence-electron chi connectivity index (χ1n) is 11.4. The number of hydrogen-bond donors (Lipinski definition) is 1. The lowest BCUT2D eigenvalue weighted by molar-refractivity contribution is 0.0253. The van der Waals surface area contributed by atoms with Crippen molar-refractivity contribution in [2.45, 2.75) is 58.7 Å².